The highest BCUT2D eigenvalue weighted by Gasteiger charge is 1.79. The van der Waals surface area contributed by atoms with Crippen molar-refractivity contribution in [3.05, 3.63) is 12.2 Å². The summed E-state index contributed by atoms with van der Waals surface area (Å²) in [5, 5.41) is 3.32. The average molecular weight is 164 g/mol. The van der Waals surface area contributed by atoms with E-state index in [9.17, 15) is 0 Å². The van der Waals surface area contributed by atoms with Gasteiger partial charge in [0.1, 0.15) is 0 Å². The van der Waals surface area contributed by atoms with E-state index in [0.29, 0.717) is 0 Å². The molecule has 0 atom stereocenters. The lowest BCUT2D eigenvalue weighted by Gasteiger charge is -1.96. The molecule has 62 valence electrons. The SMILES string of the molecule is CC=CCCNCCC.Cl. The Balaban J connectivity index is 0. The molecule has 0 fully saturated rings. The van der Waals surface area contributed by atoms with Gasteiger partial charge >= 0.3 is 0 Å². The average Bonchev–Trinajstić information content (AvgIpc) is 1.89. The topological polar surface area (TPSA) is 12.0 Å². The van der Waals surface area contributed by atoms with Crippen LogP contribution in [0.3, 0.4) is 0 Å². The van der Waals surface area contributed by atoms with Crippen molar-refractivity contribution in [3.63, 3.8) is 0 Å². The summed E-state index contributed by atoms with van der Waals surface area (Å²) in [5.74, 6) is 0. The molecule has 2 heteroatoms. The standard InChI is InChI=1S/C8H17N.ClH/c1-3-5-6-8-9-7-4-2;/h3,5,9H,4,6-8H2,1-2H3;1H. The molecule has 0 aromatic carbocycles. The normalized spacial score (nSPS) is 9.80. The predicted molar refractivity (Wildman–Crippen MR) is 49.8 cm³/mol. The third-order valence-corrected chi connectivity index (χ3v) is 1.15. The molecular weight excluding hydrogens is 146 g/mol. The fourth-order valence-corrected chi connectivity index (χ4v) is 0.654. The number of hydrogen-bond acceptors (Lipinski definition) is 1. The van der Waals surface area contributed by atoms with E-state index >= 15 is 0 Å². The van der Waals surface area contributed by atoms with Crippen molar-refractivity contribution >= 4 is 12.4 Å². The van der Waals surface area contributed by atoms with Crippen LogP contribution in [0.1, 0.15) is 26.7 Å². The van der Waals surface area contributed by atoms with E-state index in [1.165, 1.54) is 6.42 Å². The third kappa shape index (κ3) is 10.9. The van der Waals surface area contributed by atoms with Gasteiger partial charge < -0.3 is 5.32 Å². The molecule has 0 radical (unpaired) electrons. The minimum absolute atomic E-state index is 0. The van der Waals surface area contributed by atoms with Crippen LogP contribution in [0, 0.1) is 0 Å². The van der Waals surface area contributed by atoms with Gasteiger partial charge in [0.05, 0.1) is 0 Å². The summed E-state index contributed by atoms with van der Waals surface area (Å²) in [7, 11) is 0. The molecule has 0 rings (SSSR count). The van der Waals surface area contributed by atoms with Crippen molar-refractivity contribution in [1.29, 1.82) is 0 Å². The van der Waals surface area contributed by atoms with Crippen molar-refractivity contribution in [3.8, 4) is 0 Å². The number of nitrogens with one attached hydrogen (secondary N) is 1. The van der Waals surface area contributed by atoms with E-state index in [2.05, 4.69) is 31.3 Å². The molecule has 0 heterocycles. The summed E-state index contributed by atoms with van der Waals surface area (Å²) < 4.78 is 0. The molecule has 0 saturated heterocycles. The molecule has 0 spiro atoms. The van der Waals surface area contributed by atoms with Gasteiger partial charge in [0, 0.05) is 0 Å². The number of rotatable bonds is 5. The van der Waals surface area contributed by atoms with Gasteiger partial charge in [0.2, 0.25) is 0 Å². The Morgan fingerprint density at radius 1 is 1.30 bits per heavy atom. The van der Waals surface area contributed by atoms with Crippen LogP contribution >= 0.6 is 12.4 Å². The summed E-state index contributed by atoms with van der Waals surface area (Å²) >= 11 is 0. The minimum atomic E-state index is 0. The lowest BCUT2D eigenvalue weighted by atomic mass is 10.4. The van der Waals surface area contributed by atoms with Crippen LogP contribution in [0.25, 0.3) is 0 Å². The van der Waals surface area contributed by atoms with Gasteiger partial charge in [-0.15, -0.1) is 12.4 Å². The molecule has 0 saturated carbocycles. The number of allylic oxidation sites excluding steroid dienone is 1. The Morgan fingerprint density at radius 3 is 2.50 bits per heavy atom. The second kappa shape index (κ2) is 11.7. The zero-order valence-electron chi connectivity index (χ0n) is 6.89. The van der Waals surface area contributed by atoms with Gasteiger partial charge in [-0.1, -0.05) is 19.1 Å². The quantitative estimate of drug-likeness (QED) is 0.485. The summed E-state index contributed by atoms with van der Waals surface area (Å²) in [4.78, 5) is 0. The van der Waals surface area contributed by atoms with E-state index in [-0.39, 0.29) is 12.4 Å². The predicted octanol–water partition coefficient (Wildman–Crippen LogP) is 2.37. The monoisotopic (exact) mass is 163 g/mol. The van der Waals surface area contributed by atoms with Crippen LogP contribution in [0.2, 0.25) is 0 Å². The Kier molecular flexibility index (Phi) is 14.9. The van der Waals surface area contributed by atoms with E-state index in [1.807, 2.05) is 0 Å². The Morgan fingerprint density at radius 2 is 2.00 bits per heavy atom. The molecule has 0 aliphatic heterocycles. The van der Waals surface area contributed by atoms with Gasteiger partial charge in [0.25, 0.3) is 0 Å². The molecule has 0 aliphatic rings. The largest absolute Gasteiger partial charge is 0.316 e. The summed E-state index contributed by atoms with van der Waals surface area (Å²) in [6.07, 6.45) is 6.67. The van der Waals surface area contributed by atoms with Crippen LogP contribution in [-0.4, -0.2) is 13.1 Å². The van der Waals surface area contributed by atoms with E-state index in [0.717, 1.165) is 19.5 Å². The van der Waals surface area contributed by atoms with Crippen LogP contribution in [0.5, 0.6) is 0 Å². The maximum atomic E-state index is 3.32. The van der Waals surface area contributed by atoms with Gasteiger partial charge in [-0.25, -0.2) is 0 Å². The summed E-state index contributed by atoms with van der Waals surface area (Å²) in [6.45, 7) is 6.51. The van der Waals surface area contributed by atoms with Gasteiger partial charge in [-0.3, -0.25) is 0 Å². The smallest absolute Gasteiger partial charge is 0.00143 e. The van der Waals surface area contributed by atoms with Crippen molar-refractivity contribution in [2.45, 2.75) is 26.7 Å². The van der Waals surface area contributed by atoms with E-state index in [1.54, 1.807) is 0 Å². The molecule has 0 unspecified atom stereocenters. The third-order valence-electron chi connectivity index (χ3n) is 1.15. The van der Waals surface area contributed by atoms with Crippen molar-refractivity contribution < 1.29 is 0 Å². The van der Waals surface area contributed by atoms with Crippen LogP contribution in [-0.2, 0) is 0 Å². The molecule has 0 bridgehead atoms. The fraction of sp³-hybridized carbons (Fsp3) is 0.750. The van der Waals surface area contributed by atoms with E-state index < -0.39 is 0 Å². The molecule has 0 aromatic rings. The summed E-state index contributed by atoms with van der Waals surface area (Å²) in [5.41, 5.74) is 0. The maximum Gasteiger partial charge on any atom is -0.00143 e. The zero-order valence-corrected chi connectivity index (χ0v) is 7.71. The fourth-order valence-electron chi connectivity index (χ4n) is 0.654. The molecule has 10 heavy (non-hydrogen) atoms. The highest BCUT2D eigenvalue weighted by atomic mass is 35.5. The lowest BCUT2D eigenvalue weighted by Crippen LogP contribution is -2.14. The first-order chi connectivity index (χ1) is 4.41. The van der Waals surface area contributed by atoms with Crippen molar-refractivity contribution in [2.75, 3.05) is 13.1 Å². The molecule has 0 aliphatic carbocycles. The molecule has 1 N–H and O–H groups in total. The first-order valence-corrected chi connectivity index (χ1v) is 3.73. The van der Waals surface area contributed by atoms with Gasteiger partial charge in [-0.2, -0.15) is 0 Å². The van der Waals surface area contributed by atoms with Gasteiger partial charge in [-0.05, 0) is 32.9 Å². The Labute approximate surface area is 70.3 Å². The number of halogens is 1. The van der Waals surface area contributed by atoms with Crippen molar-refractivity contribution in [1.82, 2.24) is 5.32 Å². The van der Waals surface area contributed by atoms with Crippen molar-refractivity contribution in [2.24, 2.45) is 0 Å². The zero-order chi connectivity index (χ0) is 6.95. The van der Waals surface area contributed by atoms with Crippen LogP contribution < -0.4 is 5.32 Å². The Hall–Kier alpha value is -0.0100. The molecule has 0 amide bonds. The highest BCUT2D eigenvalue weighted by Crippen LogP contribution is 1.79. The van der Waals surface area contributed by atoms with E-state index in [4.69, 9.17) is 0 Å². The first kappa shape index (κ1) is 12.6. The molecule has 0 aromatic heterocycles. The first-order valence-electron chi connectivity index (χ1n) is 3.73. The molecular formula is C8H18ClN. The maximum absolute atomic E-state index is 3.32. The second-order valence-electron chi connectivity index (χ2n) is 2.11. The van der Waals surface area contributed by atoms with Crippen LogP contribution in [0.15, 0.2) is 12.2 Å². The van der Waals surface area contributed by atoms with Crippen LogP contribution in [0.4, 0.5) is 0 Å². The minimum Gasteiger partial charge on any atom is -0.316 e. The summed E-state index contributed by atoms with van der Waals surface area (Å²) in [6, 6.07) is 0. The number of hydrogen-bond donors (Lipinski definition) is 1. The highest BCUT2D eigenvalue weighted by molar-refractivity contribution is 5.85. The van der Waals surface area contributed by atoms with Gasteiger partial charge in [0.15, 0.2) is 0 Å². The second-order valence-corrected chi connectivity index (χ2v) is 2.11. The lowest BCUT2D eigenvalue weighted by molar-refractivity contribution is 0.678. The molecule has 1 nitrogen and oxygen atoms in total. The Bertz CT molecular complexity index is 71.7.